The van der Waals surface area contributed by atoms with E-state index >= 15 is 0 Å². The number of aromatic carboxylic acids is 1. The van der Waals surface area contributed by atoms with E-state index in [1.165, 1.54) is 6.07 Å². The fourth-order valence-corrected chi connectivity index (χ4v) is 1.44. The van der Waals surface area contributed by atoms with Gasteiger partial charge in [-0.1, -0.05) is 18.2 Å². The maximum atomic E-state index is 11.3. The SMILES string of the molecule is Cc1cccc2cc(C(=O)O)c(=O)oc12. The predicted octanol–water partition coefficient (Wildman–Crippen LogP) is 1.80. The Morgan fingerprint density at radius 3 is 2.80 bits per heavy atom. The molecule has 2 rings (SSSR count). The maximum absolute atomic E-state index is 11.3. The fourth-order valence-electron chi connectivity index (χ4n) is 1.44. The van der Waals surface area contributed by atoms with E-state index in [0.717, 1.165) is 5.56 Å². The zero-order valence-corrected chi connectivity index (χ0v) is 7.98. The summed E-state index contributed by atoms with van der Waals surface area (Å²) in [5.74, 6) is -1.27. The van der Waals surface area contributed by atoms with E-state index in [-0.39, 0.29) is 5.56 Å². The number of carboxylic acids is 1. The molecular formula is C11H8O4. The van der Waals surface area contributed by atoms with Crippen LogP contribution in [-0.4, -0.2) is 11.1 Å². The topological polar surface area (TPSA) is 67.5 Å². The first-order valence-corrected chi connectivity index (χ1v) is 4.36. The monoisotopic (exact) mass is 204 g/mol. The van der Waals surface area contributed by atoms with Gasteiger partial charge in [0.05, 0.1) is 0 Å². The lowest BCUT2D eigenvalue weighted by atomic mass is 10.1. The molecule has 0 atom stereocenters. The van der Waals surface area contributed by atoms with Gasteiger partial charge in [0.2, 0.25) is 0 Å². The quantitative estimate of drug-likeness (QED) is 0.719. The van der Waals surface area contributed by atoms with Crippen molar-refractivity contribution in [2.45, 2.75) is 6.92 Å². The van der Waals surface area contributed by atoms with Crippen LogP contribution in [0.4, 0.5) is 0 Å². The Morgan fingerprint density at radius 2 is 2.13 bits per heavy atom. The molecule has 1 aromatic carbocycles. The average Bonchev–Trinajstić information content (AvgIpc) is 2.18. The summed E-state index contributed by atoms with van der Waals surface area (Å²) in [7, 11) is 0. The highest BCUT2D eigenvalue weighted by Crippen LogP contribution is 2.17. The van der Waals surface area contributed by atoms with Gasteiger partial charge in [0.1, 0.15) is 11.1 Å². The first kappa shape index (κ1) is 9.45. The smallest absolute Gasteiger partial charge is 0.351 e. The highest BCUT2D eigenvalue weighted by Gasteiger charge is 2.12. The van der Waals surface area contributed by atoms with Crippen LogP contribution in [0.2, 0.25) is 0 Å². The molecule has 4 nitrogen and oxygen atoms in total. The van der Waals surface area contributed by atoms with Crippen LogP contribution in [0.5, 0.6) is 0 Å². The lowest BCUT2D eigenvalue weighted by Crippen LogP contribution is -2.13. The van der Waals surface area contributed by atoms with Gasteiger partial charge in [-0.25, -0.2) is 9.59 Å². The van der Waals surface area contributed by atoms with E-state index in [4.69, 9.17) is 9.52 Å². The molecule has 0 fully saturated rings. The minimum Gasteiger partial charge on any atom is -0.477 e. The minimum atomic E-state index is -1.27. The Hall–Kier alpha value is -2.10. The summed E-state index contributed by atoms with van der Waals surface area (Å²) in [4.78, 5) is 22.0. The molecule has 0 amide bonds. The van der Waals surface area contributed by atoms with E-state index in [9.17, 15) is 9.59 Å². The number of hydrogen-bond acceptors (Lipinski definition) is 3. The van der Waals surface area contributed by atoms with Gasteiger partial charge in [0, 0.05) is 5.39 Å². The van der Waals surface area contributed by atoms with Crippen molar-refractivity contribution >= 4 is 16.9 Å². The Labute approximate surface area is 84.8 Å². The van der Waals surface area contributed by atoms with Crippen molar-refractivity contribution in [3.8, 4) is 0 Å². The van der Waals surface area contributed by atoms with Crippen molar-refractivity contribution in [1.82, 2.24) is 0 Å². The van der Waals surface area contributed by atoms with Crippen LogP contribution >= 0.6 is 0 Å². The molecule has 1 N–H and O–H groups in total. The third-order valence-corrected chi connectivity index (χ3v) is 2.19. The highest BCUT2D eigenvalue weighted by atomic mass is 16.4. The van der Waals surface area contributed by atoms with Gasteiger partial charge in [-0.05, 0) is 18.6 Å². The molecule has 0 radical (unpaired) electrons. The molecule has 15 heavy (non-hydrogen) atoms. The van der Waals surface area contributed by atoms with E-state index in [0.29, 0.717) is 11.0 Å². The van der Waals surface area contributed by atoms with Crippen LogP contribution in [0.3, 0.4) is 0 Å². The minimum absolute atomic E-state index is 0.340. The molecule has 1 aromatic heterocycles. The van der Waals surface area contributed by atoms with Crippen LogP contribution in [0.15, 0.2) is 33.5 Å². The van der Waals surface area contributed by atoms with Crippen molar-refractivity contribution < 1.29 is 14.3 Å². The van der Waals surface area contributed by atoms with Crippen LogP contribution in [0.1, 0.15) is 15.9 Å². The number of aryl methyl sites for hydroxylation is 1. The second-order valence-electron chi connectivity index (χ2n) is 3.25. The number of hydrogen-bond donors (Lipinski definition) is 1. The van der Waals surface area contributed by atoms with Gasteiger partial charge in [0.15, 0.2) is 0 Å². The van der Waals surface area contributed by atoms with Crippen molar-refractivity contribution in [1.29, 1.82) is 0 Å². The molecule has 0 saturated carbocycles. The Bertz CT molecular complexity index is 595. The van der Waals surface area contributed by atoms with Gasteiger partial charge in [-0.3, -0.25) is 0 Å². The Kier molecular flexibility index (Phi) is 2.04. The predicted molar refractivity (Wildman–Crippen MR) is 54.2 cm³/mol. The van der Waals surface area contributed by atoms with Crippen molar-refractivity contribution in [3.63, 3.8) is 0 Å². The highest BCUT2D eigenvalue weighted by molar-refractivity contribution is 5.92. The molecule has 0 aliphatic heterocycles. The molecule has 0 aliphatic rings. The molecule has 0 aliphatic carbocycles. The largest absolute Gasteiger partial charge is 0.477 e. The van der Waals surface area contributed by atoms with Gasteiger partial charge in [0.25, 0.3) is 0 Å². The molecule has 0 bridgehead atoms. The Balaban J connectivity index is 2.88. The molecule has 0 unspecified atom stereocenters. The summed E-state index contributed by atoms with van der Waals surface area (Å²) in [6.07, 6.45) is 0. The van der Waals surface area contributed by atoms with Crippen LogP contribution < -0.4 is 5.63 Å². The van der Waals surface area contributed by atoms with Crippen molar-refractivity contribution in [3.05, 3.63) is 45.8 Å². The van der Waals surface area contributed by atoms with E-state index in [2.05, 4.69) is 0 Å². The van der Waals surface area contributed by atoms with Crippen LogP contribution in [0, 0.1) is 6.92 Å². The summed E-state index contributed by atoms with van der Waals surface area (Å²) in [6.45, 7) is 1.80. The number of benzene rings is 1. The van der Waals surface area contributed by atoms with Gasteiger partial charge < -0.3 is 9.52 Å². The first-order chi connectivity index (χ1) is 7.09. The van der Waals surface area contributed by atoms with Crippen molar-refractivity contribution in [2.75, 3.05) is 0 Å². The molecule has 0 spiro atoms. The summed E-state index contributed by atoms with van der Waals surface area (Å²) in [5.41, 5.74) is 0.0893. The first-order valence-electron chi connectivity index (χ1n) is 4.36. The van der Waals surface area contributed by atoms with Gasteiger partial charge in [-0.2, -0.15) is 0 Å². The van der Waals surface area contributed by atoms with Gasteiger partial charge in [-0.15, -0.1) is 0 Å². The number of carbonyl (C=O) groups is 1. The summed E-state index contributed by atoms with van der Waals surface area (Å²) < 4.78 is 4.95. The molecule has 4 heteroatoms. The Morgan fingerprint density at radius 1 is 1.40 bits per heavy atom. The number of fused-ring (bicyclic) bond motifs is 1. The molecule has 1 heterocycles. The zero-order valence-electron chi connectivity index (χ0n) is 7.98. The van der Waals surface area contributed by atoms with Gasteiger partial charge >= 0.3 is 11.6 Å². The van der Waals surface area contributed by atoms with E-state index < -0.39 is 11.6 Å². The second-order valence-corrected chi connectivity index (χ2v) is 3.25. The standard InChI is InChI=1S/C11H8O4/c1-6-3-2-4-7-5-8(10(12)13)11(14)15-9(6)7/h2-5H,1H3,(H,12,13). The van der Waals surface area contributed by atoms with E-state index in [1.807, 2.05) is 0 Å². The third-order valence-electron chi connectivity index (χ3n) is 2.19. The molecule has 0 saturated heterocycles. The lowest BCUT2D eigenvalue weighted by molar-refractivity contribution is 0.0692. The number of rotatable bonds is 1. The summed E-state index contributed by atoms with van der Waals surface area (Å²) >= 11 is 0. The molecule has 2 aromatic rings. The summed E-state index contributed by atoms with van der Waals surface area (Å²) in [5, 5.41) is 9.35. The molecular weight excluding hydrogens is 196 g/mol. The second kappa shape index (κ2) is 3.24. The number of para-hydroxylation sites is 1. The third kappa shape index (κ3) is 1.50. The normalized spacial score (nSPS) is 10.5. The maximum Gasteiger partial charge on any atom is 0.351 e. The summed E-state index contributed by atoms with van der Waals surface area (Å²) in [6, 6.07) is 6.61. The van der Waals surface area contributed by atoms with Crippen LogP contribution in [-0.2, 0) is 0 Å². The van der Waals surface area contributed by atoms with E-state index in [1.54, 1.807) is 25.1 Å². The lowest BCUT2D eigenvalue weighted by Gasteiger charge is -2.00. The zero-order chi connectivity index (χ0) is 11.0. The molecule has 76 valence electrons. The average molecular weight is 204 g/mol. The number of carboxylic acid groups (broad SMARTS) is 1. The fraction of sp³-hybridized carbons (Fsp3) is 0.0909. The van der Waals surface area contributed by atoms with Crippen molar-refractivity contribution in [2.24, 2.45) is 0 Å². The van der Waals surface area contributed by atoms with Crippen LogP contribution in [0.25, 0.3) is 11.0 Å².